The molecule has 216 valence electrons. The van der Waals surface area contributed by atoms with Gasteiger partial charge in [-0.25, -0.2) is 0 Å². The molecule has 3 aromatic carbocycles. The van der Waals surface area contributed by atoms with Gasteiger partial charge < -0.3 is 20.1 Å². The topological polar surface area (TPSA) is 132 Å². The number of ether oxygens (including phenoxy) is 2. The minimum Gasteiger partial charge on any atom is -0.497 e. The van der Waals surface area contributed by atoms with Crippen molar-refractivity contribution in [2.75, 3.05) is 24.9 Å². The number of benzene rings is 3. The van der Waals surface area contributed by atoms with Crippen LogP contribution < -0.4 is 25.4 Å². The van der Waals surface area contributed by atoms with Gasteiger partial charge in [0.15, 0.2) is 0 Å². The van der Waals surface area contributed by atoms with Crippen molar-refractivity contribution in [2.45, 2.75) is 24.0 Å². The number of methoxy groups -OCH3 is 2. The van der Waals surface area contributed by atoms with Crippen LogP contribution in [0.5, 0.6) is 11.5 Å². The van der Waals surface area contributed by atoms with Crippen molar-refractivity contribution in [3.8, 4) is 11.5 Å². The van der Waals surface area contributed by atoms with Gasteiger partial charge >= 0.3 is 0 Å². The van der Waals surface area contributed by atoms with Crippen molar-refractivity contribution in [2.24, 2.45) is 0 Å². The van der Waals surface area contributed by atoms with Gasteiger partial charge in [-0.3, -0.25) is 19.7 Å². The van der Waals surface area contributed by atoms with Crippen molar-refractivity contribution in [3.05, 3.63) is 94.6 Å². The smallest absolute Gasteiger partial charge is 0.272 e. The standard InChI is InChI=1S/C30H29N5O5S2/c1-18(27(36)33-30-35-34-19(2)42-30)41-24-14-11-22(12-15-24)31-29(38)25(32-28(37)20-8-6-5-7-9-20)16-21-10-13-23(39-3)17-26(21)40-4/h5-18H,1-4H3,(H,31,38)(H,32,37)(H,33,35,36)/b25-16-. The first kappa shape index (κ1) is 30.3. The van der Waals surface area contributed by atoms with Crippen LogP contribution in [0.25, 0.3) is 6.08 Å². The molecule has 0 bridgehead atoms. The van der Waals surface area contributed by atoms with Gasteiger partial charge in [-0.2, -0.15) is 0 Å². The number of nitrogens with one attached hydrogen (secondary N) is 3. The molecule has 0 aliphatic rings. The highest BCUT2D eigenvalue weighted by atomic mass is 32.2. The molecule has 0 saturated heterocycles. The Morgan fingerprint density at radius 3 is 2.31 bits per heavy atom. The van der Waals surface area contributed by atoms with Crippen molar-refractivity contribution >= 4 is 57.7 Å². The molecule has 1 unspecified atom stereocenters. The summed E-state index contributed by atoms with van der Waals surface area (Å²) in [6.45, 7) is 3.61. The second-order valence-corrected chi connectivity index (χ2v) is 11.4. The van der Waals surface area contributed by atoms with E-state index < -0.39 is 17.1 Å². The van der Waals surface area contributed by atoms with Gasteiger partial charge in [0.2, 0.25) is 11.0 Å². The molecule has 1 atom stereocenters. The maximum atomic E-state index is 13.4. The molecular formula is C30H29N5O5S2. The molecular weight excluding hydrogens is 574 g/mol. The minimum absolute atomic E-state index is 0.0166. The molecule has 1 aromatic heterocycles. The van der Waals surface area contributed by atoms with Crippen LogP contribution in [-0.2, 0) is 9.59 Å². The van der Waals surface area contributed by atoms with E-state index in [-0.39, 0.29) is 11.6 Å². The van der Waals surface area contributed by atoms with E-state index in [0.717, 1.165) is 9.90 Å². The lowest BCUT2D eigenvalue weighted by Crippen LogP contribution is -2.30. The number of aromatic nitrogens is 2. The summed E-state index contributed by atoms with van der Waals surface area (Å²) in [6, 6.07) is 20.8. The van der Waals surface area contributed by atoms with Crippen LogP contribution in [0.15, 0.2) is 83.4 Å². The quantitative estimate of drug-likeness (QED) is 0.154. The van der Waals surface area contributed by atoms with Crippen LogP contribution >= 0.6 is 23.1 Å². The number of aryl methyl sites for hydroxylation is 1. The van der Waals surface area contributed by atoms with Crippen LogP contribution in [0.4, 0.5) is 10.8 Å². The van der Waals surface area contributed by atoms with E-state index in [9.17, 15) is 14.4 Å². The number of hydrogen-bond acceptors (Lipinski definition) is 9. The fourth-order valence-electron chi connectivity index (χ4n) is 3.66. The van der Waals surface area contributed by atoms with Gasteiger partial charge in [-0.05, 0) is 68.5 Å². The average Bonchev–Trinajstić information content (AvgIpc) is 3.42. The summed E-state index contributed by atoms with van der Waals surface area (Å²) in [7, 11) is 3.05. The van der Waals surface area contributed by atoms with Gasteiger partial charge in [-0.15, -0.1) is 22.0 Å². The third kappa shape index (κ3) is 8.18. The lowest BCUT2D eigenvalue weighted by molar-refractivity contribution is -0.115. The van der Waals surface area contributed by atoms with E-state index in [0.29, 0.717) is 33.4 Å². The van der Waals surface area contributed by atoms with Crippen LogP contribution in [0.1, 0.15) is 27.9 Å². The first-order chi connectivity index (χ1) is 20.2. The molecule has 0 radical (unpaired) electrons. The van der Waals surface area contributed by atoms with Crippen molar-refractivity contribution in [1.29, 1.82) is 0 Å². The molecule has 3 N–H and O–H groups in total. The maximum Gasteiger partial charge on any atom is 0.272 e. The third-order valence-corrected chi connectivity index (χ3v) is 7.69. The number of thioether (sulfide) groups is 1. The van der Waals surface area contributed by atoms with Crippen molar-refractivity contribution in [3.63, 3.8) is 0 Å². The molecule has 42 heavy (non-hydrogen) atoms. The fraction of sp³-hybridized carbons (Fsp3) is 0.167. The zero-order chi connectivity index (χ0) is 30.1. The SMILES string of the molecule is COc1ccc(/C=C(\NC(=O)c2ccccc2)C(=O)Nc2ccc(SC(C)C(=O)Nc3nnc(C)s3)cc2)c(OC)c1. The number of nitrogens with zero attached hydrogens (tertiary/aromatic N) is 2. The molecule has 4 rings (SSSR count). The first-order valence-electron chi connectivity index (χ1n) is 12.7. The van der Waals surface area contributed by atoms with Crippen molar-refractivity contribution < 1.29 is 23.9 Å². The van der Waals surface area contributed by atoms with Gasteiger partial charge in [0, 0.05) is 27.8 Å². The van der Waals surface area contributed by atoms with E-state index in [2.05, 4.69) is 26.1 Å². The monoisotopic (exact) mass is 603 g/mol. The molecule has 0 fully saturated rings. The Morgan fingerprint density at radius 1 is 0.929 bits per heavy atom. The second-order valence-electron chi connectivity index (χ2n) is 8.84. The molecule has 12 heteroatoms. The number of anilines is 2. The first-order valence-corrected chi connectivity index (χ1v) is 14.4. The maximum absolute atomic E-state index is 13.4. The third-order valence-electron chi connectivity index (χ3n) is 5.82. The van der Waals surface area contributed by atoms with Crippen LogP contribution in [-0.4, -0.2) is 47.4 Å². The summed E-state index contributed by atoms with van der Waals surface area (Å²) in [6.07, 6.45) is 1.54. The highest BCUT2D eigenvalue weighted by Crippen LogP contribution is 2.28. The fourth-order valence-corrected chi connectivity index (χ4v) is 5.12. The van der Waals surface area contributed by atoms with E-state index in [4.69, 9.17) is 9.47 Å². The number of carbonyl (C=O) groups excluding carboxylic acids is 3. The summed E-state index contributed by atoms with van der Waals surface area (Å²) in [5.74, 6) is -0.103. The van der Waals surface area contributed by atoms with Gasteiger partial charge in [0.1, 0.15) is 22.2 Å². The number of rotatable bonds is 11. The van der Waals surface area contributed by atoms with Crippen LogP contribution in [0.3, 0.4) is 0 Å². The lowest BCUT2D eigenvalue weighted by atomic mass is 10.1. The molecule has 1 heterocycles. The predicted molar refractivity (Wildman–Crippen MR) is 165 cm³/mol. The largest absolute Gasteiger partial charge is 0.497 e. The summed E-state index contributed by atoms with van der Waals surface area (Å²) in [4.78, 5) is 39.7. The van der Waals surface area contributed by atoms with Crippen LogP contribution in [0.2, 0.25) is 0 Å². The van der Waals surface area contributed by atoms with Crippen molar-refractivity contribution in [1.82, 2.24) is 15.5 Å². The van der Waals surface area contributed by atoms with Gasteiger partial charge in [0.05, 0.1) is 19.5 Å². The average molecular weight is 604 g/mol. The Hall–Kier alpha value is -4.68. The molecule has 0 aliphatic heterocycles. The minimum atomic E-state index is -0.530. The van der Waals surface area contributed by atoms with Gasteiger partial charge in [-0.1, -0.05) is 29.5 Å². The Morgan fingerprint density at radius 2 is 1.67 bits per heavy atom. The Labute approximate surface area is 251 Å². The van der Waals surface area contributed by atoms with E-state index in [1.165, 1.54) is 30.2 Å². The highest BCUT2D eigenvalue weighted by Gasteiger charge is 2.18. The predicted octanol–water partition coefficient (Wildman–Crippen LogP) is 5.39. The Kier molecular flexibility index (Phi) is 10.3. The Bertz CT molecular complexity index is 1590. The highest BCUT2D eigenvalue weighted by molar-refractivity contribution is 8.00. The van der Waals surface area contributed by atoms with Gasteiger partial charge in [0.25, 0.3) is 11.8 Å². The number of hydrogen-bond donors (Lipinski definition) is 3. The Balaban J connectivity index is 1.49. The van der Waals surface area contributed by atoms with Crippen LogP contribution in [0, 0.1) is 6.92 Å². The molecule has 0 aliphatic carbocycles. The van der Waals surface area contributed by atoms with E-state index >= 15 is 0 Å². The number of amides is 3. The summed E-state index contributed by atoms with van der Waals surface area (Å²) in [5, 5.41) is 17.0. The van der Waals surface area contributed by atoms with E-state index in [1.807, 2.05) is 6.92 Å². The summed E-state index contributed by atoms with van der Waals surface area (Å²) in [5.41, 5.74) is 1.49. The normalized spacial score (nSPS) is 11.8. The molecule has 0 saturated carbocycles. The number of carbonyl (C=O) groups is 3. The van der Waals surface area contributed by atoms with E-state index in [1.54, 1.807) is 92.9 Å². The summed E-state index contributed by atoms with van der Waals surface area (Å²) >= 11 is 2.67. The lowest BCUT2D eigenvalue weighted by Gasteiger charge is -2.14. The summed E-state index contributed by atoms with van der Waals surface area (Å²) < 4.78 is 10.7. The zero-order valence-electron chi connectivity index (χ0n) is 23.3. The molecule has 4 aromatic rings. The molecule has 3 amide bonds. The molecule has 0 spiro atoms. The molecule has 10 nitrogen and oxygen atoms in total. The zero-order valence-corrected chi connectivity index (χ0v) is 25.0. The second kappa shape index (κ2) is 14.3.